The van der Waals surface area contributed by atoms with Gasteiger partial charge in [-0.1, -0.05) is 32.9 Å². The van der Waals surface area contributed by atoms with Gasteiger partial charge in [-0.15, -0.1) is 0 Å². The molecule has 8 nitrogen and oxygen atoms in total. The molecule has 154 valence electrons. The van der Waals surface area contributed by atoms with Crippen LogP contribution in [0.25, 0.3) is 0 Å². The second-order valence-corrected chi connectivity index (χ2v) is 7.76. The van der Waals surface area contributed by atoms with Crippen LogP contribution >= 0.6 is 0 Å². The second kappa shape index (κ2) is 9.21. The Kier molecular flexibility index (Phi) is 6.70. The monoisotopic (exact) mass is 387 g/mol. The van der Waals surface area contributed by atoms with Crippen LogP contribution in [-0.4, -0.2) is 39.0 Å². The first kappa shape index (κ1) is 20.4. The van der Waals surface area contributed by atoms with Gasteiger partial charge in [0, 0.05) is 37.4 Å². The molecular formula is C20H33N7O. The van der Waals surface area contributed by atoms with Crippen molar-refractivity contribution in [3.8, 4) is 0 Å². The Morgan fingerprint density at radius 2 is 2.14 bits per heavy atom. The minimum absolute atomic E-state index is 0.273. The van der Waals surface area contributed by atoms with Gasteiger partial charge in [0.1, 0.15) is 5.82 Å². The molecule has 0 spiro atoms. The summed E-state index contributed by atoms with van der Waals surface area (Å²) >= 11 is 0. The van der Waals surface area contributed by atoms with Crippen molar-refractivity contribution in [2.24, 2.45) is 4.99 Å². The molecule has 2 aromatic rings. The van der Waals surface area contributed by atoms with E-state index in [2.05, 4.69) is 58.6 Å². The molecule has 0 radical (unpaired) electrons. The van der Waals surface area contributed by atoms with Crippen molar-refractivity contribution in [3.63, 3.8) is 0 Å². The summed E-state index contributed by atoms with van der Waals surface area (Å²) in [7, 11) is 1.78. The van der Waals surface area contributed by atoms with Crippen LogP contribution in [0.3, 0.4) is 0 Å². The number of rotatable bonds is 7. The minimum atomic E-state index is 0.273. The maximum Gasteiger partial charge on any atom is 0.191 e. The summed E-state index contributed by atoms with van der Waals surface area (Å²) in [4.78, 5) is 9.00. The van der Waals surface area contributed by atoms with Gasteiger partial charge in [0.15, 0.2) is 17.5 Å². The number of hydrogen-bond acceptors (Lipinski definition) is 5. The van der Waals surface area contributed by atoms with E-state index in [-0.39, 0.29) is 6.04 Å². The van der Waals surface area contributed by atoms with Crippen molar-refractivity contribution in [1.29, 1.82) is 0 Å². The highest BCUT2D eigenvalue weighted by Crippen LogP contribution is 2.22. The molecule has 1 atom stereocenters. The number of aliphatic imine (C=N–C) groups is 1. The fraction of sp³-hybridized carbons (Fsp3) is 0.700. The molecule has 0 saturated heterocycles. The summed E-state index contributed by atoms with van der Waals surface area (Å²) in [5.74, 6) is 4.42. The van der Waals surface area contributed by atoms with Crippen molar-refractivity contribution in [2.45, 2.75) is 84.3 Å². The Balaban J connectivity index is 1.54. The lowest BCUT2D eigenvalue weighted by atomic mass is 9.99. The third-order valence-corrected chi connectivity index (χ3v) is 5.37. The highest BCUT2D eigenvalue weighted by molar-refractivity contribution is 5.79. The molecule has 0 amide bonds. The molecule has 0 aromatic carbocycles. The molecule has 2 aromatic heterocycles. The van der Waals surface area contributed by atoms with E-state index in [0.29, 0.717) is 18.4 Å². The van der Waals surface area contributed by atoms with E-state index in [1.807, 2.05) is 10.7 Å². The summed E-state index contributed by atoms with van der Waals surface area (Å²) in [5.41, 5.74) is 1.04. The molecule has 0 aliphatic carbocycles. The summed E-state index contributed by atoms with van der Waals surface area (Å²) in [5, 5.41) is 15.7. The maximum atomic E-state index is 5.49. The number of hydrogen-bond donors (Lipinski definition) is 2. The Morgan fingerprint density at radius 1 is 1.36 bits per heavy atom. The highest BCUT2D eigenvalue weighted by Gasteiger charge is 2.23. The van der Waals surface area contributed by atoms with Crippen molar-refractivity contribution in [3.05, 3.63) is 29.2 Å². The van der Waals surface area contributed by atoms with Gasteiger partial charge in [0.25, 0.3) is 0 Å². The van der Waals surface area contributed by atoms with E-state index < -0.39 is 0 Å². The number of aromatic nitrogens is 4. The van der Waals surface area contributed by atoms with Crippen molar-refractivity contribution in [2.75, 3.05) is 7.05 Å². The highest BCUT2D eigenvalue weighted by atomic mass is 16.5. The lowest BCUT2D eigenvalue weighted by Gasteiger charge is -2.25. The van der Waals surface area contributed by atoms with Crippen molar-refractivity contribution in [1.82, 2.24) is 30.6 Å². The molecular weight excluding hydrogens is 354 g/mol. The Bertz CT molecular complexity index is 788. The number of guanidine groups is 1. The molecule has 0 fully saturated rings. The van der Waals surface area contributed by atoms with Gasteiger partial charge in [0.2, 0.25) is 0 Å². The topological polar surface area (TPSA) is 93.2 Å². The van der Waals surface area contributed by atoms with Crippen LogP contribution in [0.1, 0.15) is 81.9 Å². The molecule has 1 unspecified atom stereocenters. The molecule has 1 aliphatic heterocycles. The Morgan fingerprint density at radius 3 is 2.82 bits per heavy atom. The van der Waals surface area contributed by atoms with Gasteiger partial charge in [0.05, 0.1) is 18.8 Å². The summed E-state index contributed by atoms with van der Waals surface area (Å²) < 4.78 is 7.52. The first-order valence-corrected chi connectivity index (χ1v) is 10.4. The molecule has 28 heavy (non-hydrogen) atoms. The number of fused-ring (bicyclic) bond motifs is 1. The van der Waals surface area contributed by atoms with E-state index in [0.717, 1.165) is 61.3 Å². The molecule has 0 saturated carbocycles. The number of nitrogens with one attached hydrogen (secondary N) is 2. The zero-order valence-electron chi connectivity index (χ0n) is 17.7. The Hall–Kier alpha value is -2.38. The average Bonchev–Trinajstić information content (AvgIpc) is 3.33. The molecule has 8 heteroatoms. The number of aryl methyl sites for hydroxylation is 1. The standard InChI is InChI=1S/C20H33N7O/c1-6-14(7-2)17-10-16(28-26-17)11-22-20(21-5)23-15-8-9-18-24-19(13(3)4)25-27(18)12-15/h10,13-15H,6-9,11-12H2,1-5H3,(H2,21,22,23). The van der Waals surface area contributed by atoms with E-state index in [1.165, 1.54) is 0 Å². The quantitative estimate of drug-likeness (QED) is 0.560. The van der Waals surface area contributed by atoms with Crippen molar-refractivity contribution < 1.29 is 4.52 Å². The lowest BCUT2D eigenvalue weighted by Crippen LogP contribution is -2.46. The number of nitrogens with zero attached hydrogens (tertiary/aromatic N) is 5. The summed E-state index contributed by atoms with van der Waals surface area (Å²) in [6.07, 6.45) is 4.08. The largest absolute Gasteiger partial charge is 0.359 e. The van der Waals surface area contributed by atoms with Gasteiger partial charge < -0.3 is 15.2 Å². The lowest BCUT2D eigenvalue weighted by molar-refractivity contribution is 0.365. The first-order chi connectivity index (χ1) is 13.5. The van der Waals surface area contributed by atoms with Crippen LogP contribution in [-0.2, 0) is 19.5 Å². The fourth-order valence-corrected chi connectivity index (χ4v) is 3.56. The Labute approximate surface area is 167 Å². The van der Waals surface area contributed by atoms with Gasteiger partial charge in [-0.05, 0) is 19.3 Å². The van der Waals surface area contributed by atoms with Gasteiger partial charge >= 0.3 is 0 Å². The van der Waals surface area contributed by atoms with Crippen LogP contribution < -0.4 is 10.6 Å². The minimum Gasteiger partial charge on any atom is -0.359 e. The zero-order valence-corrected chi connectivity index (χ0v) is 17.7. The fourth-order valence-electron chi connectivity index (χ4n) is 3.56. The molecule has 0 bridgehead atoms. The third kappa shape index (κ3) is 4.72. The van der Waals surface area contributed by atoms with Crippen LogP contribution in [0.2, 0.25) is 0 Å². The first-order valence-electron chi connectivity index (χ1n) is 10.4. The maximum absolute atomic E-state index is 5.49. The van der Waals surface area contributed by atoms with Gasteiger partial charge in [-0.2, -0.15) is 5.10 Å². The van der Waals surface area contributed by atoms with Gasteiger partial charge in [-0.25, -0.2) is 9.67 Å². The molecule has 1 aliphatic rings. The van der Waals surface area contributed by atoms with E-state index in [9.17, 15) is 0 Å². The van der Waals surface area contributed by atoms with Crippen LogP contribution in [0.15, 0.2) is 15.6 Å². The average molecular weight is 388 g/mol. The van der Waals surface area contributed by atoms with Crippen LogP contribution in [0.4, 0.5) is 0 Å². The third-order valence-electron chi connectivity index (χ3n) is 5.37. The van der Waals surface area contributed by atoms with Crippen molar-refractivity contribution >= 4 is 5.96 Å². The van der Waals surface area contributed by atoms with E-state index in [1.54, 1.807) is 7.05 Å². The predicted octanol–water partition coefficient (Wildman–Crippen LogP) is 2.97. The SMILES string of the molecule is CCC(CC)c1cc(CNC(=NC)NC2CCc3nc(C(C)C)nn3C2)on1. The van der Waals surface area contributed by atoms with Crippen LogP contribution in [0.5, 0.6) is 0 Å². The van der Waals surface area contributed by atoms with E-state index in [4.69, 9.17) is 4.52 Å². The summed E-state index contributed by atoms with van der Waals surface area (Å²) in [6, 6.07) is 2.32. The predicted molar refractivity (Wildman–Crippen MR) is 109 cm³/mol. The van der Waals surface area contributed by atoms with Crippen LogP contribution in [0, 0.1) is 0 Å². The molecule has 3 heterocycles. The molecule has 3 rings (SSSR count). The summed E-state index contributed by atoms with van der Waals surface area (Å²) in [6.45, 7) is 9.98. The smallest absolute Gasteiger partial charge is 0.191 e. The normalized spacial score (nSPS) is 17.2. The zero-order chi connectivity index (χ0) is 20.1. The second-order valence-electron chi connectivity index (χ2n) is 7.76. The molecule has 2 N–H and O–H groups in total. The van der Waals surface area contributed by atoms with Gasteiger partial charge in [-0.3, -0.25) is 4.99 Å². The van der Waals surface area contributed by atoms with E-state index >= 15 is 0 Å².